The number of anilines is 3. The fraction of sp³-hybridized carbons (Fsp3) is 0.0556. The lowest BCUT2D eigenvalue weighted by molar-refractivity contribution is 0.103. The first-order valence-corrected chi connectivity index (χ1v) is 9.77. The highest BCUT2D eigenvalue weighted by atomic mass is 79.9. The van der Waals surface area contributed by atoms with Crippen LogP contribution in [0, 0.1) is 6.92 Å². The molecule has 0 aliphatic heterocycles. The van der Waals surface area contributed by atoms with Crippen molar-refractivity contribution in [1.82, 2.24) is 4.98 Å². The summed E-state index contributed by atoms with van der Waals surface area (Å²) in [4.78, 5) is 29.2. The molecule has 6 nitrogen and oxygen atoms in total. The maximum absolute atomic E-state index is 12.4. The summed E-state index contributed by atoms with van der Waals surface area (Å²) in [6.07, 6.45) is 0. The molecule has 3 N–H and O–H groups in total. The number of urea groups is 1. The van der Waals surface area contributed by atoms with Crippen molar-refractivity contribution in [3.8, 4) is 0 Å². The molecule has 0 aliphatic rings. The average Bonchev–Trinajstić information content (AvgIpc) is 2.99. The lowest BCUT2D eigenvalue weighted by Gasteiger charge is -2.05. The Hall–Kier alpha value is -2.42. The molecule has 0 atom stereocenters. The molecule has 1 heterocycles. The Morgan fingerprint density at radius 1 is 0.963 bits per heavy atom. The van der Waals surface area contributed by atoms with E-state index in [9.17, 15) is 9.59 Å². The van der Waals surface area contributed by atoms with Crippen LogP contribution in [0.15, 0.2) is 53.0 Å². The van der Waals surface area contributed by atoms with Gasteiger partial charge in [-0.25, -0.2) is 9.78 Å². The Balaban J connectivity index is 1.64. The molecule has 0 bridgehead atoms. The molecule has 9 heteroatoms. The maximum Gasteiger partial charge on any atom is 0.325 e. The molecule has 3 amide bonds. The number of nitrogens with zero attached hydrogens (tertiary/aromatic N) is 1. The summed E-state index contributed by atoms with van der Waals surface area (Å²) in [6.45, 7) is 1.72. The van der Waals surface area contributed by atoms with Crippen LogP contribution in [0.25, 0.3) is 0 Å². The maximum atomic E-state index is 12.4. The molecular formula is C18H14BrClN4O2S. The van der Waals surface area contributed by atoms with E-state index in [2.05, 4.69) is 36.9 Å². The number of aryl methyl sites for hydroxylation is 1. The van der Waals surface area contributed by atoms with Crippen LogP contribution in [-0.4, -0.2) is 16.9 Å². The van der Waals surface area contributed by atoms with Crippen molar-refractivity contribution < 1.29 is 9.59 Å². The molecule has 27 heavy (non-hydrogen) atoms. The van der Waals surface area contributed by atoms with E-state index >= 15 is 0 Å². The van der Waals surface area contributed by atoms with Gasteiger partial charge in [0.1, 0.15) is 4.88 Å². The predicted molar refractivity (Wildman–Crippen MR) is 113 cm³/mol. The number of carbonyl (C=O) groups excluding carboxylic acids is 2. The zero-order valence-corrected chi connectivity index (χ0v) is 17.2. The first-order chi connectivity index (χ1) is 12.9. The van der Waals surface area contributed by atoms with Gasteiger partial charge in [0.15, 0.2) is 5.13 Å². The van der Waals surface area contributed by atoms with E-state index in [1.165, 1.54) is 0 Å². The number of thiazole rings is 1. The summed E-state index contributed by atoms with van der Waals surface area (Å²) in [5, 5.41) is 9.03. The van der Waals surface area contributed by atoms with Crippen LogP contribution in [0.4, 0.5) is 21.3 Å². The van der Waals surface area contributed by atoms with Crippen molar-refractivity contribution in [1.29, 1.82) is 0 Å². The second-order valence-corrected chi connectivity index (χ2v) is 7.83. The van der Waals surface area contributed by atoms with Crippen molar-refractivity contribution in [2.24, 2.45) is 0 Å². The van der Waals surface area contributed by atoms with Gasteiger partial charge in [0.05, 0.1) is 5.69 Å². The summed E-state index contributed by atoms with van der Waals surface area (Å²) >= 11 is 10.3. The SMILES string of the molecule is Cc1nc(NC(=O)Nc2ccc(Cl)cc2)sc1C(=O)Nc1ccc(Br)cc1. The Bertz CT molecular complexity index is 974. The predicted octanol–water partition coefficient (Wildman–Crippen LogP) is 5.76. The van der Waals surface area contributed by atoms with Gasteiger partial charge in [-0.1, -0.05) is 38.9 Å². The third-order valence-corrected chi connectivity index (χ3v) is 5.28. The zero-order chi connectivity index (χ0) is 19.4. The number of amides is 3. The highest BCUT2D eigenvalue weighted by molar-refractivity contribution is 9.10. The van der Waals surface area contributed by atoms with Crippen molar-refractivity contribution in [2.75, 3.05) is 16.0 Å². The monoisotopic (exact) mass is 464 g/mol. The van der Waals surface area contributed by atoms with Gasteiger partial charge in [0.25, 0.3) is 5.91 Å². The van der Waals surface area contributed by atoms with Crippen LogP contribution < -0.4 is 16.0 Å². The van der Waals surface area contributed by atoms with Gasteiger partial charge < -0.3 is 10.6 Å². The van der Waals surface area contributed by atoms with Crippen molar-refractivity contribution >= 4 is 67.3 Å². The fourth-order valence-corrected chi connectivity index (χ4v) is 3.42. The molecule has 0 saturated heterocycles. The second-order valence-electron chi connectivity index (χ2n) is 5.48. The Labute approximate surface area is 173 Å². The normalized spacial score (nSPS) is 10.3. The minimum absolute atomic E-state index is 0.279. The van der Waals surface area contributed by atoms with Crippen LogP contribution in [0.5, 0.6) is 0 Å². The van der Waals surface area contributed by atoms with Gasteiger partial charge in [-0.2, -0.15) is 0 Å². The summed E-state index contributed by atoms with van der Waals surface area (Å²) < 4.78 is 0.924. The quantitative estimate of drug-likeness (QED) is 0.458. The molecule has 3 rings (SSSR count). The minimum atomic E-state index is -0.453. The molecule has 0 unspecified atom stereocenters. The minimum Gasteiger partial charge on any atom is -0.321 e. The lowest BCUT2D eigenvalue weighted by atomic mass is 10.3. The van der Waals surface area contributed by atoms with Crippen LogP contribution in [0.1, 0.15) is 15.4 Å². The number of halogens is 2. The van der Waals surface area contributed by atoms with Crippen LogP contribution >= 0.6 is 38.9 Å². The molecule has 0 spiro atoms. The first kappa shape index (κ1) is 19.3. The topological polar surface area (TPSA) is 83.1 Å². The third-order valence-electron chi connectivity index (χ3n) is 3.43. The highest BCUT2D eigenvalue weighted by Gasteiger charge is 2.17. The third kappa shape index (κ3) is 5.29. The molecule has 2 aromatic carbocycles. The van der Waals surface area contributed by atoms with Crippen molar-refractivity contribution in [3.63, 3.8) is 0 Å². The van der Waals surface area contributed by atoms with E-state index < -0.39 is 6.03 Å². The summed E-state index contributed by atoms with van der Waals surface area (Å²) in [5.41, 5.74) is 1.81. The van der Waals surface area contributed by atoms with Crippen molar-refractivity contribution in [3.05, 3.63) is 68.6 Å². The van der Waals surface area contributed by atoms with Gasteiger partial charge in [0, 0.05) is 20.9 Å². The average molecular weight is 466 g/mol. The summed E-state index contributed by atoms with van der Waals surface area (Å²) in [5.74, 6) is -0.279. The molecule has 138 valence electrons. The fourth-order valence-electron chi connectivity index (χ4n) is 2.17. The Morgan fingerprint density at radius 3 is 2.22 bits per heavy atom. The van der Waals surface area contributed by atoms with Gasteiger partial charge in [-0.3, -0.25) is 10.1 Å². The molecule has 0 radical (unpaired) electrons. The van der Waals surface area contributed by atoms with E-state index in [0.29, 0.717) is 32.1 Å². The largest absolute Gasteiger partial charge is 0.325 e. The number of rotatable bonds is 4. The number of aromatic nitrogens is 1. The van der Waals surface area contributed by atoms with Gasteiger partial charge in [0.2, 0.25) is 0 Å². The van der Waals surface area contributed by atoms with Crippen LogP contribution in [-0.2, 0) is 0 Å². The second kappa shape index (κ2) is 8.51. The van der Waals surface area contributed by atoms with Gasteiger partial charge in [-0.15, -0.1) is 0 Å². The molecule has 0 aliphatic carbocycles. The molecule has 0 fully saturated rings. The Morgan fingerprint density at radius 2 is 1.56 bits per heavy atom. The molecule has 1 aromatic heterocycles. The standard InChI is InChI=1S/C18H14BrClN4O2S/c1-10-15(16(25)22-13-6-2-11(19)3-7-13)27-18(21-10)24-17(26)23-14-8-4-12(20)5-9-14/h2-9H,1H3,(H,22,25)(H2,21,23,24,26). The number of benzene rings is 2. The number of hydrogen-bond acceptors (Lipinski definition) is 4. The van der Waals surface area contributed by atoms with Crippen molar-refractivity contribution in [2.45, 2.75) is 6.92 Å². The highest BCUT2D eigenvalue weighted by Crippen LogP contribution is 2.24. The number of nitrogens with one attached hydrogen (secondary N) is 3. The smallest absolute Gasteiger partial charge is 0.321 e. The molecule has 0 saturated carbocycles. The van der Waals surface area contributed by atoms with Crippen LogP contribution in [0.3, 0.4) is 0 Å². The number of carbonyl (C=O) groups is 2. The van der Waals surface area contributed by atoms with E-state index in [4.69, 9.17) is 11.6 Å². The lowest BCUT2D eigenvalue weighted by Crippen LogP contribution is -2.19. The van der Waals surface area contributed by atoms with E-state index in [1.54, 1.807) is 43.3 Å². The van der Waals surface area contributed by atoms with E-state index in [0.717, 1.165) is 15.8 Å². The number of hydrogen-bond donors (Lipinski definition) is 3. The molecule has 3 aromatic rings. The van der Waals surface area contributed by atoms with Gasteiger partial charge >= 0.3 is 6.03 Å². The summed E-state index contributed by atoms with van der Waals surface area (Å²) in [7, 11) is 0. The summed E-state index contributed by atoms with van der Waals surface area (Å²) in [6, 6.07) is 13.5. The van der Waals surface area contributed by atoms with E-state index in [-0.39, 0.29) is 5.91 Å². The zero-order valence-electron chi connectivity index (χ0n) is 14.0. The molecular weight excluding hydrogens is 452 g/mol. The van der Waals surface area contributed by atoms with E-state index in [1.807, 2.05) is 12.1 Å². The Kier molecular flexibility index (Phi) is 6.10. The van der Waals surface area contributed by atoms with Gasteiger partial charge in [-0.05, 0) is 55.5 Å². The van der Waals surface area contributed by atoms with Crippen LogP contribution in [0.2, 0.25) is 5.02 Å². The first-order valence-electron chi connectivity index (χ1n) is 7.78.